The van der Waals surface area contributed by atoms with E-state index >= 15 is 0 Å². The molecule has 0 unspecified atom stereocenters. The number of fused-ring (bicyclic) bond motifs is 2. The SMILES string of the molecule is COc1cc2cccc3c2c(c1OC)-c1ccccc1C3=O. The normalized spacial score (nSPS) is 12.2. The fourth-order valence-electron chi connectivity index (χ4n) is 3.26. The lowest BCUT2D eigenvalue weighted by molar-refractivity contribution is 0.104. The number of methoxy groups -OCH3 is 2. The van der Waals surface area contributed by atoms with Crippen LogP contribution < -0.4 is 9.47 Å². The van der Waals surface area contributed by atoms with E-state index in [1.807, 2.05) is 48.5 Å². The van der Waals surface area contributed by atoms with Crippen LogP contribution >= 0.6 is 0 Å². The van der Waals surface area contributed by atoms with Crippen molar-refractivity contribution in [3.05, 3.63) is 59.7 Å². The second-order valence-corrected chi connectivity index (χ2v) is 5.27. The highest BCUT2D eigenvalue weighted by Gasteiger charge is 2.29. The van der Waals surface area contributed by atoms with E-state index in [9.17, 15) is 4.79 Å². The molecule has 4 rings (SSSR count). The van der Waals surface area contributed by atoms with Gasteiger partial charge >= 0.3 is 0 Å². The van der Waals surface area contributed by atoms with Gasteiger partial charge in [-0.15, -0.1) is 0 Å². The van der Waals surface area contributed by atoms with Crippen molar-refractivity contribution >= 4 is 16.6 Å². The molecule has 3 nitrogen and oxygen atoms in total. The smallest absolute Gasteiger partial charge is 0.194 e. The quantitative estimate of drug-likeness (QED) is 0.558. The Morgan fingerprint density at radius 3 is 2.27 bits per heavy atom. The van der Waals surface area contributed by atoms with Crippen LogP contribution in [-0.4, -0.2) is 20.0 Å². The molecule has 0 heterocycles. The molecule has 0 bridgehead atoms. The topological polar surface area (TPSA) is 35.5 Å². The molecule has 0 atom stereocenters. The van der Waals surface area contributed by atoms with Crippen molar-refractivity contribution in [2.75, 3.05) is 14.2 Å². The summed E-state index contributed by atoms with van der Waals surface area (Å²) in [5, 5.41) is 1.91. The molecule has 22 heavy (non-hydrogen) atoms. The molecule has 0 amide bonds. The number of carbonyl (C=O) groups is 1. The predicted octanol–water partition coefficient (Wildman–Crippen LogP) is 4.07. The van der Waals surface area contributed by atoms with Crippen LogP contribution in [0.5, 0.6) is 11.5 Å². The van der Waals surface area contributed by atoms with Crippen molar-refractivity contribution in [2.45, 2.75) is 0 Å². The molecule has 0 saturated heterocycles. The molecular formula is C19H14O3. The van der Waals surface area contributed by atoms with Crippen LogP contribution in [0.25, 0.3) is 21.9 Å². The summed E-state index contributed by atoms with van der Waals surface area (Å²) in [4.78, 5) is 12.8. The number of rotatable bonds is 2. The van der Waals surface area contributed by atoms with Gasteiger partial charge in [0.1, 0.15) is 0 Å². The van der Waals surface area contributed by atoms with Crippen molar-refractivity contribution in [3.63, 3.8) is 0 Å². The molecule has 108 valence electrons. The van der Waals surface area contributed by atoms with E-state index in [0.717, 1.165) is 21.9 Å². The first-order valence-electron chi connectivity index (χ1n) is 7.08. The Hall–Kier alpha value is -2.81. The number of benzene rings is 3. The average Bonchev–Trinajstić information content (AvgIpc) is 2.58. The van der Waals surface area contributed by atoms with Crippen LogP contribution in [0.3, 0.4) is 0 Å². The number of hydrogen-bond acceptors (Lipinski definition) is 3. The van der Waals surface area contributed by atoms with Crippen LogP contribution in [0.4, 0.5) is 0 Å². The standard InChI is InChI=1S/C19H14O3/c1-21-15-10-11-6-5-9-14-16(11)17(19(15)22-2)12-7-3-4-8-13(12)18(14)20/h3-10H,1-2H3. The Bertz CT molecular complexity index is 925. The third kappa shape index (κ3) is 1.53. The monoisotopic (exact) mass is 290 g/mol. The van der Waals surface area contributed by atoms with Gasteiger partial charge in [-0.05, 0) is 17.0 Å². The minimum absolute atomic E-state index is 0.0564. The lowest BCUT2D eigenvalue weighted by atomic mass is 9.82. The summed E-state index contributed by atoms with van der Waals surface area (Å²) in [6, 6.07) is 15.3. The summed E-state index contributed by atoms with van der Waals surface area (Å²) in [7, 11) is 3.25. The van der Waals surface area contributed by atoms with Gasteiger partial charge in [-0.3, -0.25) is 4.79 Å². The lowest BCUT2D eigenvalue weighted by Crippen LogP contribution is -2.11. The van der Waals surface area contributed by atoms with E-state index < -0.39 is 0 Å². The maximum Gasteiger partial charge on any atom is 0.194 e. The van der Waals surface area contributed by atoms with Crippen LogP contribution in [0, 0.1) is 0 Å². The number of ether oxygens (including phenoxy) is 2. The van der Waals surface area contributed by atoms with Crippen molar-refractivity contribution in [1.29, 1.82) is 0 Å². The molecule has 0 fully saturated rings. The van der Waals surface area contributed by atoms with Gasteiger partial charge in [0.15, 0.2) is 17.3 Å². The minimum atomic E-state index is 0.0564. The molecule has 0 radical (unpaired) electrons. The lowest BCUT2D eigenvalue weighted by Gasteiger charge is -2.23. The first kappa shape index (κ1) is 12.9. The van der Waals surface area contributed by atoms with Gasteiger partial charge in [0.05, 0.1) is 14.2 Å². The Morgan fingerprint density at radius 1 is 0.818 bits per heavy atom. The first-order valence-corrected chi connectivity index (χ1v) is 7.08. The van der Waals surface area contributed by atoms with Gasteiger partial charge in [0.25, 0.3) is 0 Å². The fourth-order valence-corrected chi connectivity index (χ4v) is 3.26. The molecule has 0 aliphatic heterocycles. The number of ketones is 1. The van der Waals surface area contributed by atoms with E-state index in [4.69, 9.17) is 9.47 Å². The third-order valence-electron chi connectivity index (χ3n) is 4.19. The van der Waals surface area contributed by atoms with Gasteiger partial charge in [-0.25, -0.2) is 0 Å². The summed E-state index contributed by atoms with van der Waals surface area (Å²) in [6.45, 7) is 0. The van der Waals surface area contributed by atoms with Gasteiger partial charge in [-0.2, -0.15) is 0 Å². The second-order valence-electron chi connectivity index (χ2n) is 5.27. The zero-order valence-electron chi connectivity index (χ0n) is 12.3. The predicted molar refractivity (Wildman–Crippen MR) is 85.9 cm³/mol. The summed E-state index contributed by atoms with van der Waals surface area (Å²) in [6.07, 6.45) is 0. The van der Waals surface area contributed by atoms with Gasteiger partial charge in [0.2, 0.25) is 0 Å². The van der Waals surface area contributed by atoms with Gasteiger partial charge in [-0.1, -0.05) is 42.5 Å². The summed E-state index contributed by atoms with van der Waals surface area (Å²) >= 11 is 0. The van der Waals surface area contributed by atoms with Crippen molar-refractivity contribution in [3.8, 4) is 22.6 Å². The van der Waals surface area contributed by atoms with E-state index in [0.29, 0.717) is 22.6 Å². The fraction of sp³-hybridized carbons (Fsp3) is 0.105. The highest BCUT2D eigenvalue weighted by Crippen LogP contribution is 2.48. The molecule has 1 aliphatic carbocycles. The minimum Gasteiger partial charge on any atom is -0.493 e. The summed E-state index contributed by atoms with van der Waals surface area (Å²) in [5.41, 5.74) is 3.25. The zero-order valence-corrected chi connectivity index (χ0v) is 12.3. The first-order chi connectivity index (χ1) is 10.8. The molecule has 3 heteroatoms. The van der Waals surface area contributed by atoms with Gasteiger partial charge < -0.3 is 9.47 Å². The van der Waals surface area contributed by atoms with Crippen LogP contribution in [-0.2, 0) is 0 Å². The van der Waals surface area contributed by atoms with Crippen molar-refractivity contribution in [2.24, 2.45) is 0 Å². The summed E-state index contributed by atoms with van der Waals surface area (Å²) in [5.74, 6) is 1.40. The Labute approximate surface area is 128 Å². The van der Waals surface area contributed by atoms with Gasteiger partial charge in [0, 0.05) is 22.1 Å². The van der Waals surface area contributed by atoms with E-state index in [-0.39, 0.29) is 5.78 Å². The Morgan fingerprint density at radius 2 is 1.55 bits per heavy atom. The van der Waals surface area contributed by atoms with E-state index in [2.05, 4.69) is 0 Å². The van der Waals surface area contributed by atoms with Crippen molar-refractivity contribution < 1.29 is 14.3 Å². The molecule has 3 aromatic rings. The van der Waals surface area contributed by atoms with Crippen LogP contribution in [0.15, 0.2) is 48.5 Å². The number of carbonyl (C=O) groups excluding carboxylic acids is 1. The molecule has 0 spiro atoms. The molecule has 0 N–H and O–H groups in total. The molecule has 0 saturated carbocycles. The van der Waals surface area contributed by atoms with Crippen LogP contribution in [0.2, 0.25) is 0 Å². The average molecular weight is 290 g/mol. The highest BCUT2D eigenvalue weighted by atomic mass is 16.5. The molecule has 3 aromatic carbocycles. The maximum absolute atomic E-state index is 12.8. The molecule has 0 aromatic heterocycles. The van der Waals surface area contributed by atoms with E-state index in [1.54, 1.807) is 14.2 Å². The van der Waals surface area contributed by atoms with Crippen molar-refractivity contribution in [1.82, 2.24) is 0 Å². The largest absolute Gasteiger partial charge is 0.493 e. The maximum atomic E-state index is 12.8. The second kappa shape index (κ2) is 4.60. The number of hydrogen-bond donors (Lipinski definition) is 0. The zero-order chi connectivity index (χ0) is 15.3. The molecule has 1 aliphatic rings. The Kier molecular flexibility index (Phi) is 2.70. The van der Waals surface area contributed by atoms with E-state index in [1.165, 1.54) is 0 Å². The van der Waals surface area contributed by atoms with Crippen LogP contribution in [0.1, 0.15) is 15.9 Å². The highest BCUT2D eigenvalue weighted by molar-refractivity contribution is 6.27. The third-order valence-corrected chi connectivity index (χ3v) is 4.19. The summed E-state index contributed by atoms with van der Waals surface area (Å²) < 4.78 is 11.1. The molecular weight excluding hydrogens is 276 g/mol. The Balaban J connectivity index is 2.28.